The standard InChI is InChI=1S/C16H18BrNOS/c1-18-14(10-15-3-2-6-20-15)9-12-8-13(17)7-11-4-5-19-16(11)12/h2-3,6-8,14,18H,4-5,9-10H2,1H3. The lowest BCUT2D eigenvalue weighted by Crippen LogP contribution is -2.29. The second-order valence-corrected chi connectivity index (χ2v) is 7.07. The minimum atomic E-state index is 0.441. The van der Waals surface area contributed by atoms with Crippen LogP contribution < -0.4 is 10.1 Å². The van der Waals surface area contributed by atoms with Gasteiger partial charge in [-0.25, -0.2) is 0 Å². The molecule has 1 aromatic carbocycles. The molecule has 0 saturated carbocycles. The van der Waals surface area contributed by atoms with Crippen molar-refractivity contribution in [2.24, 2.45) is 0 Å². The van der Waals surface area contributed by atoms with E-state index in [1.807, 2.05) is 18.4 Å². The number of halogens is 1. The maximum Gasteiger partial charge on any atom is 0.125 e. The van der Waals surface area contributed by atoms with Gasteiger partial charge in [0, 0.05) is 21.8 Å². The highest BCUT2D eigenvalue weighted by Gasteiger charge is 2.20. The third-order valence-corrected chi connectivity index (χ3v) is 5.08. The first-order valence-electron chi connectivity index (χ1n) is 6.90. The Morgan fingerprint density at radius 1 is 1.40 bits per heavy atom. The summed E-state index contributed by atoms with van der Waals surface area (Å²) < 4.78 is 6.97. The van der Waals surface area contributed by atoms with Crippen LogP contribution in [0.5, 0.6) is 5.75 Å². The average Bonchev–Trinajstić information content (AvgIpc) is 3.08. The first-order valence-corrected chi connectivity index (χ1v) is 8.57. The Morgan fingerprint density at radius 2 is 2.30 bits per heavy atom. The quantitative estimate of drug-likeness (QED) is 0.883. The van der Waals surface area contributed by atoms with Crippen LogP contribution in [0.25, 0.3) is 0 Å². The summed E-state index contributed by atoms with van der Waals surface area (Å²) >= 11 is 5.44. The van der Waals surface area contributed by atoms with Gasteiger partial charge in [0.15, 0.2) is 0 Å². The molecular weight excluding hydrogens is 334 g/mol. The number of ether oxygens (including phenoxy) is 1. The van der Waals surface area contributed by atoms with Gasteiger partial charge in [-0.05, 0) is 54.6 Å². The fraction of sp³-hybridized carbons (Fsp3) is 0.375. The van der Waals surface area contributed by atoms with Gasteiger partial charge in [0.1, 0.15) is 5.75 Å². The van der Waals surface area contributed by atoms with Gasteiger partial charge in [-0.15, -0.1) is 11.3 Å². The fourth-order valence-electron chi connectivity index (χ4n) is 2.71. The van der Waals surface area contributed by atoms with Crippen molar-refractivity contribution in [3.8, 4) is 5.75 Å². The minimum Gasteiger partial charge on any atom is -0.493 e. The monoisotopic (exact) mass is 351 g/mol. The molecule has 0 fully saturated rings. The van der Waals surface area contributed by atoms with E-state index in [2.05, 4.69) is 50.9 Å². The molecule has 20 heavy (non-hydrogen) atoms. The second-order valence-electron chi connectivity index (χ2n) is 5.12. The number of nitrogens with one attached hydrogen (secondary N) is 1. The van der Waals surface area contributed by atoms with Gasteiger partial charge in [-0.1, -0.05) is 22.0 Å². The predicted molar refractivity (Wildman–Crippen MR) is 87.9 cm³/mol. The van der Waals surface area contributed by atoms with Crippen molar-refractivity contribution in [2.45, 2.75) is 25.3 Å². The van der Waals surface area contributed by atoms with E-state index < -0.39 is 0 Å². The number of likely N-dealkylation sites (N-methyl/N-ethyl adjacent to an activating group) is 1. The zero-order valence-electron chi connectivity index (χ0n) is 11.5. The largest absolute Gasteiger partial charge is 0.493 e. The highest BCUT2D eigenvalue weighted by atomic mass is 79.9. The van der Waals surface area contributed by atoms with Gasteiger partial charge in [0.25, 0.3) is 0 Å². The molecule has 3 rings (SSSR count). The van der Waals surface area contributed by atoms with Gasteiger partial charge >= 0.3 is 0 Å². The topological polar surface area (TPSA) is 21.3 Å². The van der Waals surface area contributed by atoms with Crippen molar-refractivity contribution in [3.05, 3.63) is 50.1 Å². The molecule has 0 saturated heterocycles. The average molecular weight is 352 g/mol. The Morgan fingerprint density at radius 3 is 3.05 bits per heavy atom. The Hall–Kier alpha value is -0.840. The van der Waals surface area contributed by atoms with Gasteiger partial charge < -0.3 is 10.1 Å². The van der Waals surface area contributed by atoms with E-state index in [0.29, 0.717) is 6.04 Å². The SMILES string of the molecule is CNC(Cc1cccs1)Cc1cc(Br)cc2c1OCC2. The van der Waals surface area contributed by atoms with Crippen molar-refractivity contribution in [2.75, 3.05) is 13.7 Å². The molecule has 4 heteroatoms. The minimum absolute atomic E-state index is 0.441. The van der Waals surface area contributed by atoms with Crippen LogP contribution >= 0.6 is 27.3 Å². The molecule has 1 aromatic heterocycles. The molecule has 0 amide bonds. The third-order valence-electron chi connectivity index (χ3n) is 3.73. The molecule has 106 valence electrons. The molecule has 0 bridgehead atoms. The summed E-state index contributed by atoms with van der Waals surface area (Å²) in [5.74, 6) is 1.11. The molecular formula is C16H18BrNOS. The maximum absolute atomic E-state index is 5.82. The van der Waals surface area contributed by atoms with Gasteiger partial charge in [-0.3, -0.25) is 0 Å². The van der Waals surface area contributed by atoms with Crippen molar-refractivity contribution in [1.29, 1.82) is 0 Å². The molecule has 2 nitrogen and oxygen atoms in total. The van der Waals surface area contributed by atoms with Crippen LogP contribution in [0.2, 0.25) is 0 Å². The lowest BCUT2D eigenvalue weighted by atomic mass is 9.99. The second kappa shape index (κ2) is 6.29. The highest BCUT2D eigenvalue weighted by Crippen LogP contribution is 2.34. The zero-order chi connectivity index (χ0) is 13.9. The predicted octanol–water partition coefficient (Wildman–Crippen LogP) is 3.82. The molecule has 1 aliphatic heterocycles. The van der Waals surface area contributed by atoms with Crippen molar-refractivity contribution in [1.82, 2.24) is 5.32 Å². The highest BCUT2D eigenvalue weighted by molar-refractivity contribution is 9.10. The Labute approximate surface area is 132 Å². The van der Waals surface area contributed by atoms with E-state index in [0.717, 1.165) is 36.1 Å². The number of fused-ring (bicyclic) bond motifs is 1. The van der Waals surface area contributed by atoms with Crippen LogP contribution in [0.1, 0.15) is 16.0 Å². The Bertz CT molecular complexity index is 582. The van der Waals surface area contributed by atoms with Gasteiger partial charge in [0.2, 0.25) is 0 Å². The number of hydrogen-bond donors (Lipinski definition) is 1. The molecule has 0 spiro atoms. The van der Waals surface area contributed by atoms with E-state index in [4.69, 9.17) is 4.74 Å². The summed E-state index contributed by atoms with van der Waals surface area (Å²) in [7, 11) is 2.04. The summed E-state index contributed by atoms with van der Waals surface area (Å²) in [6.45, 7) is 0.813. The van der Waals surface area contributed by atoms with E-state index in [-0.39, 0.29) is 0 Å². The van der Waals surface area contributed by atoms with E-state index in [1.54, 1.807) is 0 Å². The summed E-state index contributed by atoms with van der Waals surface area (Å²) in [4.78, 5) is 1.43. The summed E-state index contributed by atoms with van der Waals surface area (Å²) in [5, 5.41) is 5.58. The van der Waals surface area contributed by atoms with Crippen LogP contribution in [0.4, 0.5) is 0 Å². The summed E-state index contributed by atoms with van der Waals surface area (Å²) in [6.07, 6.45) is 3.09. The molecule has 2 heterocycles. The summed E-state index contributed by atoms with van der Waals surface area (Å²) in [6, 6.07) is 9.14. The molecule has 0 aliphatic carbocycles. The number of benzene rings is 1. The first-order chi connectivity index (χ1) is 9.76. The molecule has 0 radical (unpaired) electrons. The smallest absolute Gasteiger partial charge is 0.125 e. The lowest BCUT2D eigenvalue weighted by Gasteiger charge is -2.17. The van der Waals surface area contributed by atoms with Crippen molar-refractivity contribution >= 4 is 27.3 Å². The summed E-state index contributed by atoms with van der Waals surface area (Å²) in [5.41, 5.74) is 2.64. The van der Waals surface area contributed by atoms with Crippen LogP contribution in [-0.2, 0) is 19.3 Å². The van der Waals surface area contributed by atoms with Gasteiger partial charge in [0.05, 0.1) is 6.61 Å². The van der Waals surface area contributed by atoms with Crippen LogP contribution in [0, 0.1) is 0 Å². The van der Waals surface area contributed by atoms with Crippen LogP contribution in [0.3, 0.4) is 0 Å². The molecule has 2 aromatic rings. The lowest BCUT2D eigenvalue weighted by molar-refractivity contribution is 0.351. The Balaban J connectivity index is 1.79. The number of rotatable bonds is 5. The number of thiophene rings is 1. The number of hydrogen-bond acceptors (Lipinski definition) is 3. The van der Waals surface area contributed by atoms with Crippen molar-refractivity contribution < 1.29 is 4.74 Å². The normalized spacial score (nSPS) is 14.9. The third kappa shape index (κ3) is 3.08. The molecule has 1 atom stereocenters. The molecule has 1 aliphatic rings. The fourth-order valence-corrected chi connectivity index (χ4v) is 4.05. The zero-order valence-corrected chi connectivity index (χ0v) is 13.9. The van der Waals surface area contributed by atoms with Gasteiger partial charge in [-0.2, -0.15) is 0 Å². The maximum atomic E-state index is 5.82. The van der Waals surface area contributed by atoms with E-state index >= 15 is 0 Å². The van der Waals surface area contributed by atoms with E-state index in [1.165, 1.54) is 16.0 Å². The molecule has 1 N–H and O–H groups in total. The van der Waals surface area contributed by atoms with Crippen LogP contribution in [0.15, 0.2) is 34.1 Å². The molecule has 1 unspecified atom stereocenters. The Kier molecular flexibility index (Phi) is 4.44. The van der Waals surface area contributed by atoms with Crippen LogP contribution in [-0.4, -0.2) is 19.7 Å². The first kappa shape index (κ1) is 14.1. The van der Waals surface area contributed by atoms with E-state index in [9.17, 15) is 0 Å². The van der Waals surface area contributed by atoms with Crippen molar-refractivity contribution in [3.63, 3.8) is 0 Å².